The van der Waals surface area contributed by atoms with Gasteiger partial charge in [0.25, 0.3) is 0 Å². The van der Waals surface area contributed by atoms with Crippen molar-refractivity contribution in [2.45, 2.75) is 69.8 Å². The molecule has 0 bridgehead atoms. The number of hydrogen-bond donors (Lipinski definition) is 1. The van der Waals surface area contributed by atoms with E-state index in [1.54, 1.807) is 36.4 Å². The molecule has 0 unspecified atom stereocenters. The molecule has 0 aliphatic rings. The van der Waals surface area contributed by atoms with E-state index in [1.165, 1.54) is 7.11 Å². The lowest BCUT2D eigenvalue weighted by Gasteiger charge is -2.40. The Bertz CT molecular complexity index is 828. The summed E-state index contributed by atoms with van der Waals surface area (Å²) < 4.78 is 44.2. The van der Waals surface area contributed by atoms with Crippen LogP contribution < -0.4 is 4.72 Å². The molecule has 170 valence electrons. The highest BCUT2D eigenvalue weighted by Crippen LogP contribution is 2.37. The van der Waals surface area contributed by atoms with Gasteiger partial charge in [0.05, 0.1) is 24.2 Å². The third kappa shape index (κ3) is 7.86. The van der Waals surface area contributed by atoms with Crippen LogP contribution in [-0.4, -0.2) is 48.8 Å². The quantitative estimate of drug-likeness (QED) is 0.336. The van der Waals surface area contributed by atoms with Crippen LogP contribution in [0.3, 0.4) is 0 Å². The van der Waals surface area contributed by atoms with Crippen LogP contribution in [0, 0.1) is 6.92 Å². The van der Waals surface area contributed by atoms with Gasteiger partial charge in [-0.15, -0.1) is 0 Å². The molecule has 7 nitrogen and oxygen atoms in total. The largest absolute Gasteiger partial charge is 0.508 e. The summed E-state index contributed by atoms with van der Waals surface area (Å²) in [4.78, 5) is 11.3. The number of methoxy groups -OCH3 is 1. The molecule has 0 aliphatic heterocycles. The van der Waals surface area contributed by atoms with Gasteiger partial charge in [0, 0.05) is 0 Å². The predicted molar refractivity (Wildman–Crippen MR) is 121 cm³/mol. The predicted octanol–water partition coefficient (Wildman–Crippen LogP) is 4.39. The Labute approximate surface area is 182 Å². The van der Waals surface area contributed by atoms with Gasteiger partial charge >= 0.3 is 6.16 Å². The molecule has 2 atom stereocenters. The number of ether oxygens (including phenoxy) is 2. The fourth-order valence-electron chi connectivity index (χ4n) is 2.35. The number of carbonyl (C=O) groups excluding carboxylic acids is 1. The number of nitrogens with one attached hydrogen (secondary N) is 1. The number of aryl methyl sites for hydroxylation is 1. The molecule has 0 heterocycles. The second kappa shape index (κ2) is 10.6. The highest BCUT2D eigenvalue weighted by Gasteiger charge is 2.40. The first-order valence-corrected chi connectivity index (χ1v) is 14.2. The van der Waals surface area contributed by atoms with Gasteiger partial charge in [0.1, 0.15) is 6.61 Å². The summed E-state index contributed by atoms with van der Waals surface area (Å²) in [6, 6.07) is 5.99. The van der Waals surface area contributed by atoms with E-state index in [1.807, 2.05) is 13.8 Å². The second-order valence-corrected chi connectivity index (χ2v) is 15.2. The van der Waals surface area contributed by atoms with Gasteiger partial charge < -0.3 is 13.9 Å². The molecule has 1 N–H and O–H groups in total. The molecular weight excluding hydrogens is 422 g/mol. The lowest BCUT2D eigenvalue weighted by Crippen LogP contribution is -2.50. The van der Waals surface area contributed by atoms with Crippen molar-refractivity contribution in [3.05, 3.63) is 42.0 Å². The summed E-state index contributed by atoms with van der Waals surface area (Å²) in [7, 11) is -4.68. The van der Waals surface area contributed by atoms with Gasteiger partial charge in [-0.05, 0) is 50.2 Å². The molecule has 1 rings (SSSR count). The van der Waals surface area contributed by atoms with Gasteiger partial charge in [0.15, 0.2) is 8.32 Å². The maximum Gasteiger partial charge on any atom is 0.508 e. The van der Waals surface area contributed by atoms with E-state index < -0.39 is 36.6 Å². The maximum atomic E-state index is 12.9. The van der Waals surface area contributed by atoms with Gasteiger partial charge in [-0.3, -0.25) is 0 Å². The molecule has 0 amide bonds. The first-order chi connectivity index (χ1) is 13.7. The summed E-state index contributed by atoms with van der Waals surface area (Å²) in [6.07, 6.45) is 1.99. The van der Waals surface area contributed by atoms with Crippen LogP contribution in [0.5, 0.6) is 0 Å². The zero-order chi connectivity index (χ0) is 23.2. The molecule has 0 fully saturated rings. The smallest absolute Gasteiger partial charge is 0.438 e. The zero-order valence-corrected chi connectivity index (χ0v) is 21.0. The molecule has 1 aromatic rings. The first kappa shape index (κ1) is 26.4. The highest BCUT2D eigenvalue weighted by molar-refractivity contribution is 7.89. The van der Waals surface area contributed by atoms with Crippen LogP contribution in [0.15, 0.2) is 41.3 Å². The van der Waals surface area contributed by atoms with Crippen LogP contribution in [0.4, 0.5) is 4.79 Å². The Hall–Kier alpha value is -1.68. The molecule has 0 saturated heterocycles. The van der Waals surface area contributed by atoms with Crippen molar-refractivity contribution in [3.63, 3.8) is 0 Å². The van der Waals surface area contributed by atoms with Crippen molar-refractivity contribution in [3.8, 4) is 0 Å². The molecule has 30 heavy (non-hydrogen) atoms. The van der Waals surface area contributed by atoms with E-state index in [0.717, 1.165) is 5.56 Å². The molecule has 9 heteroatoms. The van der Waals surface area contributed by atoms with Crippen molar-refractivity contribution in [1.29, 1.82) is 0 Å². The van der Waals surface area contributed by atoms with Crippen LogP contribution in [-0.2, 0) is 23.9 Å². The second-order valence-electron chi connectivity index (χ2n) is 8.74. The molecule has 0 aliphatic carbocycles. The molecule has 1 aromatic carbocycles. The number of benzene rings is 1. The lowest BCUT2D eigenvalue weighted by molar-refractivity contribution is 0.0816. The Kier molecular flexibility index (Phi) is 9.28. The molecule has 0 radical (unpaired) electrons. The first-order valence-electron chi connectivity index (χ1n) is 9.84. The van der Waals surface area contributed by atoms with Gasteiger partial charge in [-0.2, -0.15) is 0 Å². The van der Waals surface area contributed by atoms with Crippen molar-refractivity contribution in [2.24, 2.45) is 0 Å². The summed E-state index contributed by atoms with van der Waals surface area (Å²) in [5.41, 5.74) is 0.972. The van der Waals surface area contributed by atoms with Gasteiger partial charge in [-0.25, -0.2) is 17.9 Å². The van der Waals surface area contributed by atoms with E-state index in [-0.39, 0.29) is 16.5 Å². The Morgan fingerprint density at radius 3 is 2.27 bits per heavy atom. The average Bonchev–Trinajstić information content (AvgIpc) is 2.62. The van der Waals surface area contributed by atoms with Crippen molar-refractivity contribution < 1.29 is 27.1 Å². The SMILES string of the molecule is COC(=O)OC/C=C/[C@@H](NS(=O)(=O)c1ccc(C)cc1)[C@@H](C)O[Si](C)(C)C(C)(C)C. The Morgan fingerprint density at radius 1 is 1.20 bits per heavy atom. The fourth-order valence-corrected chi connectivity index (χ4v) is 5.04. The van der Waals surface area contributed by atoms with E-state index in [0.29, 0.717) is 0 Å². The Morgan fingerprint density at radius 2 is 1.77 bits per heavy atom. The number of hydrogen-bond acceptors (Lipinski definition) is 6. The highest BCUT2D eigenvalue weighted by atomic mass is 32.2. The fraction of sp³-hybridized carbons (Fsp3) is 0.571. The Balaban J connectivity index is 3.08. The minimum atomic E-state index is -3.77. The monoisotopic (exact) mass is 457 g/mol. The van der Waals surface area contributed by atoms with Crippen LogP contribution in [0.25, 0.3) is 0 Å². The minimum Gasteiger partial charge on any atom is -0.438 e. The third-order valence-electron chi connectivity index (χ3n) is 5.22. The summed E-state index contributed by atoms with van der Waals surface area (Å²) in [5.74, 6) is 0. The molecule has 0 saturated carbocycles. The van der Waals surface area contributed by atoms with Crippen LogP contribution >= 0.6 is 0 Å². The molecular formula is C21H35NO6SSi. The third-order valence-corrected chi connectivity index (χ3v) is 11.3. The van der Waals surface area contributed by atoms with E-state index in [9.17, 15) is 13.2 Å². The van der Waals surface area contributed by atoms with E-state index in [4.69, 9.17) is 9.16 Å². The molecule has 0 spiro atoms. The standard InChI is InChI=1S/C21H35NO6SSi/c1-16-11-13-18(14-12-16)29(24,25)22-19(10-9-15-27-20(23)26-6)17(2)28-30(7,8)21(3,4)5/h9-14,17,19,22H,15H2,1-8H3/b10-9+/t17-,19-/m1/s1. The van der Waals surface area contributed by atoms with E-state index >= 15 is 0 Å². The van der Waals surface area contributed by atoms with Gasteiger partial charge in [0.2, 0.25) is 10.0 Å². The molecule has 0 aromatic heterocycles. The number of rotatable bonds is 9. The van der Waals surface area contributed by atoms with E-state index in [2.05, 4.69) is 43.3 Å². The summed E-state index contributed by atoms with van der Waals surface area (Å²) in [6.45, 7) is 14.3. The summed E-state index contributed by atoms with van der Waals surface area (Å²) in [5, 5.41) is -0.0284. The maximum absolute atomic E-state index is 12.9. The minimum absolute atomic E-state index is 0.0284. The number of carbonyl (C=O) groups is 1. The summed E-state index contributed by atoms with van der Waals surface area (Å²) >= 11 is 0. The normalized spacial score (nSPS) is 15.1. The number of sulfonamides is 1. The van der Waals surface area contributed by atoms with Gasteiger partial charge in [-0.1, -0.05) is 44.5 Å². The lowest BCUT2D eigenvalue weighted by atomic mass is 10.2. The topological polar surface area (TPSA) is 90.9 Å². The average molecular weight is 458 g/mol. The van der Waals surface area contributed by atoms with Crippen molar-refractivity contribution >= 4 is 24.5 Å². The van der Waals surface area contributed by atoms with Crippen molar-refractivity contribution in [1.82, 2.24) is 4.72 Å². The van der Waals surface area contributed by atoms with Crippen LogP contribution in [0.2, 0.25) is 18.1 Å². The zero-order valence-electron chi connectivity index (χ0n) is 19.2. The van der Waals surface area contributed by atoms with Crippen molar-refractivity contribution in [2.75, 3.05) is 13.7 Å². The van der Waals surface area contributed by atoms with Crippen LogP contribution in [0.1, 0.15) is 33.3 Å².